The Morgan fingerprint density at radius 2 is 1.92 bits per heavy atom. The first-order valence-corrected chi connectivity index (χ1v) is 13.2. The van der Waals surface area contributed by atoms with Crippen molar-refractivity contribution in [2.75, 3.05) is 17.2 Å². The molecule has 8 nitrogen and oxygen atoms in total. The summed E-state index contributed by atoms with van der Waals surface area (Å²) in [4.78, 5) is 19.9. The Balaban J connectivity index is 1.25. The number of aromatic nitrogens is 5. The van der Waals surface area contributed by atoms with Gasteiger partial charge in [0.25, 0.3) is 0 Å². The molecule has 38 heavy (non-hydrogen) atoms. The first-order chi connectivity index (χ1) is 18.4. The minimum absolute atomic E-state index is 0.384. The predicted octanol–water partition coefficient (Wildman–Crippen LogP) is 6.17. The fourth-order valence-corrected chi connectivity index (χ4v) is 4.42. The smallest absolute Gasteiger partial charge is 0.163 e. The van der Waals surface area contributed by atoms with Crippen LogP contribution >= 0.6 is 0 Å². The zero-order chi connectivity index (χ0) is 27.1. The second-order valence-electron chi connectivity index (χ2n) is 9.83. The topological polar surface area (TPSA) is 97.8 Å². The minimum Gasteiger partial charge on any atom is -0.385 e. The van der Waals surface area contributed by atoms with Crippen LogP contribution in [0, 0.1) is 6.92 Å². The molecule has 0 atom stereocenters. The van der Waals surface area contributed by atoms with E-state index in [0.717, 1.165) is 66.9 Å². The van der Waals surface area contributed by atoms with Crippen LogP contribution in [0.3, 0.4) is 0 Å². The van der Waals surface area contributed by atoms with Crippen molar-refractivity contribution < 1.29 is 0 Å². The molecule has 0 amide bonds. The van der Waals surface area contributed by atoms with Crippen molar-refractivity contribution in [2.24, 2.45) is 0 Å². The van der Waals surface area contributed by atoms with Crippen LogP contribution in [0.25, 0.3) is 22.4 Å². The lowest BCUT2D eigenvalue weighted by Gasteiger charge is -2.22. The van der Waals surface area contributed by atoms with Crippen molar-refractivity contribution in [3.8, 4) is 11.4 Å². The van der Waals surface area contributed by atoms with Crippen molar-refractivity contribution in [1.82, 2.24) is 29.8 Å². The second kappa shape index (κ2) is 12.4. The van der Waals surface area contributed by atoms with Crippen LogP contribution in [0.1, 0.15) is 56.7 Å². The zero-order valence-electron chi connectivity index (χ0n) is 22.7. The van der Waals surface area contributed by atoms with Gasteiger partial charge in [0.15, 0.2) is 5.82 Å². The fraction of sp³-hybridized carbons (Fsp3) is 0.333. The van der Waals surface area contributed by atoms with E-state index < -0.39 is 0 Å². The maximum atomic E-state index is 6.23. The summed E-state index contributed by atoms with van der Waals surface area (Å²) < 4.78 is 2.21. The summed E-state index contributed by atoms with van der Waals surface area (Å²) in [6, 6.07) is 10.6. The zero-order valence-corrected chi connectivity index (χ0v) is 22.7. The Kier molecular flexibility index (Phi) is 8.73. The van der Waals surface area contributed by atoms with Gasteiger partial charge in [-0.1, -0.05) is 25.6 Å². The summed E-state index contributed by atoms with van der Waals surface area (Å²) in [5.41, 5.74) is 12.5. The molecular weight excluding hydrogens is 472 g/mol. The number of fused-ring (bicyclic) bond motifs is 1. The quantitative estimate of drug-likeness (QED) is 0.207. The number of nitrogen functional groups attached to an aromatic ring is 1. The molecule has 0 aliphatic carbocycles. The van der Waals surface area contributed by atoms with Gasteiger partial charge in [-0.25, -0.2) is 15.0 Å². The van der Waals surface area contributed by atoms with Crippen LogP contribution in [0.4, 0.5) is 11.6 Å². The summed E-state index contributed by atoms with van der Waals surface area (Å²) in [6.07, 6.45) is 11.2. The van der Waals surface area contributed by atoms with Gasteiger partial charge in [-0.2, -0.15) is 0 Å². The van der Waals surface area contributed by atoms with Gasteiger partial charge in [-0.3, -0.25) is 4.98 Å². The molecule has 0 fully saturated rings. The molecule has 0 saturated carbocycles. The summed E-state index contributed by atoms with van der Waals surface area (Å²) in [6.45, 7) is 16.1. The van der Waals surface area contributed by atoms with Crippen molar-refractivity contribution in [1.29, 1.82) is 0 Å². The summed E-state index contributed by atoms with van der Waals surface area (Å²) in [7, 11) is 0. The third-order valence-corrected chi connectivity index (χ3v) is 6.70. The van der Waals surface area contributed by atoms with Crippen LogP contribution in [0.15, 0.2) is 74.1 Å². The Bertz CT molecular complexity index is 1390. The van der Waals surface area contributed by atoms with Gasteiger partial charge < -0.3 is 20.5 Å². The standard InChI is InChI=1S/C30H38N8/c1-6-37(30-23(5)28(31)35-29(36-30)25-13-15-32-16-14-25)17-9-7-8-10-22(4)33-19-24-11-12-26-27(18-24)38(20-34-26)21(2)3/h6,11-16,18,20-21,33H,1,4,7-10,17,19H2,2-3,5H3,(H2,31,35,36). The van der Waals surface area contributed by atoms with E-state index in [1.54, 1.807) is 12.4 Å². The maximum Gasteiger partial charge on any atom is 0.163 e. The van der Waals surface area contributed by atoms with Gasteiger partial charge >= 0.3 is 0 Å². The van der Waals surface area contributed by atoms with Crippen LogP contribution in [-0.4, -0.2) is 31.0 Å². The van der Waals surface area contributed by atoms with Crippen LogP contribution in [0.2, 0.25) is 0 Å². The molecule has 198 valence electrons. The number of pyridine rings is 1. The normalized spacial score (nSPS) is 11.2. The van der Waals surface area contributed by atoms with Crippen LogP contribution < -0.4 is 16.0 Å². The van der Waals surface area contributed by atoms with Crippen LogP contribution in [-0.2, 0) is 6.54 Å². The molecule has 4 rings (SSSR count). The summed E-state index contributed by atoms with van der Waals surface area (Å²) in [5, 5.41) is 3.49. The van der Waals surface area contributed by atoms with Crippen molar-refractivity contribution in [3.63, 3.8) is 0 Å². The van der Waals surface area contributed by atoms with E-state index in [1.165, 1.54) is 11.1 Å². The number of imidazole rings is 1. The molecule has 0 aliphatic rings. The second-order valence-corrected chi connectivity index (χ2v) is 9.83. The van der Waals surface area contributed by atoms with E-state index in [9.17, 15) is 0 Å². The van der Waals surface area contributed by atoms with E-state index in [0.29, 0.717) is 17.7 Å². The van der Waals surface area contributed by atoms with Gasteiger partial charge in [0.05, 0.1) is 17.4 Å². The van der Waals surface area contributed by atoms with Crippen molar-refractivity contribution in [2.45, 2.75) is 59.0 Å². The molecule has 0 spiro atoms. The minimum atomic E-state index is 0.384. The lowest BCUT2D eigenvalue weighted by molar-refractivity contribution is 0.617. The Morgan fingerprint density at radius 3 is 2.66 bits per heavy atom. The number of hydrogen-bond acceptors (Lipinski definition) is 7. The molecule has 4 aromatic rings. The molecule has 0 aliphatic heterocycles. The molecule has 0 bridgehead atoms. The monoisotopic (exact) mass is 510 g/mol. The lowest BCUT2D eigenvalue weighted by atomic mass is 10.1. The van der Waals surface area contributed by atoms with E-state index in [1.807, 2.05) is 31.6 Å². The van der Waals surface area contributed by atoms with Gasteiger partial charge in [0, 0.05) is 48.3 Å². The van der Waals surface area contributed by atoms with Crippen molar-refractivity contribution >= 4 is 22.7 Å². The molecule has 1 aromatic carbocycles. The van der Waals surface area contributed by atoms with E-state index >= 15 is 0 Å². The Hall–Kier alpha value is -4.20. The average Bonchev–Trinajstić information content (AvgIpc) is 3.35. The number of nitrogens with two attached hydrogens (primary N) is 1. The summed E-state index contributed by atoms with van der Waals surface area (Å²) in [5.74, 6) is 1.86. The van der Waals surface area contributed by atoms with Crippen LogP contribution in [0.5, 0.6) is 0 Å². The third kappa shape index (κ3) is 6.37. The number of allylic oxidation sites excluding steroid dienone is 1. The molecule has 3 N–H and O–H groups in total. The van der Waals surface area contributed by atoms with E-state index in [4.69, 9.17) is 10.7 Å². The number of nitrogens with zero attached hydrogens (tertiary/aromatic N) is 6. The third-order valence-electron chi connectivity index (χ3n) is 6.70. The van der Waals surface area contributed by atoms with E-state index in [-0.39, 0.29) is 0 Å². The first-order valence-electron chi connectivity index (χ1n) is 13.2. The molecule has 8 heteroatoms. The van der Waals surface area contributed by atoms with Gasteiger partial charge in [-0.15, -0.1) is 0 Å². The SMILES string of the molecule is C=CN(CCCCCC(=C)NCc1ccc2ncn(C(C)C)c2c1)c1nc(-c2ccncc2)nc(N)c1C. The van der Waals surface area contributed by atoms with Gasteiger partial charge in [0.1, 0.15) is 11.6 Å². The molecule has 0 radical (unpaired) electrons. The Labute approximate surface area is 225 Å². The molecule has 0 unspecified atom stereocenters. The molecular formula is C30H38N8. The molecule has 0 saturated heterocycles. The van der Waals surface area contributed by atoms with Gasteiger partial charge in [-0.05, 0) is 76.1 Å². The lowest BCUT2D eigenvalue weighted by Crippen LogP contribution is -2.21. The number of benzene rings is 1. The predicted molar refractivity (Wildman–Crippen MR) is 157 cm³/mol. The number of nitrogens with one attached hydrogen (secondary N) is 1. The fourth-order valence-electron chi connectivity index (χ4n) is 4.42. The number of hydrogen-bond donors (Lipinski definition) is 2. The maximum absolute atomic E-state index is 6.23. The first kappa shape index (κ1) is 26.9. The highest BCUT2D eigenvalue weighted by Gasteiger charge is 2.15. The highest BCUT2D eigenvalue weighted by atomic mass is 15.2. The van der Waals surface area contributed by atoms with Gasteiger partial charge in [0.2, 0.25) is 0 Å². The summed E-state index contributed by atoms with van der Waals surface area (Å²) >= 11 is 0. The van der Waals surface area contributed by atoms with E-state index in [2.05, 4.69) is 74.9 Å². The Morgan fingerprint density at radius 1 is 1.13 bits per heavy atom. The molecule has 3 heterocycles. The highest BCUT2D eigenvalue weighted by Crippen LogP contribution is 2.26. The molecule has 3 aromatic heterocycles. The number of anilines is 2. The largest absolute Gasteiger partial charge is 0.385 e. The van der Waals surface area contributed by atoms with Crippen molar-refractivity contribution in [3.05, 3.63) is 85.2 Å². The number of rotatable bonds is 13. The number of unbranched alkanes of at least 4 members (excludes halogenated alkanes) is 2. The highest BCUT2D eigenvalue weighted by molar-refractivity contribution is 5.76. The average molecular weight is 511 g/mol.